The van der Waals surface area contributed by atoms with E-state index in [0.29, 0.717) is 30.7 Å². The molecule has 2 aliphatic rings. The van der Waals surface area contributed by atoms with Gasteiger partial charge in [0.2, 0.25) is 0 Å². The molecule has 1 aromatic rings. The van der Waals surface area contributed by atoms with Crippen molar-refractivity contribution in [3.05, 3.63) is 11.6 Å². The monoisotopic (exact) mass is 316 g/mol. The average molecular weight is 316 g/mol. The van der Waals surface area contributed by atoms with Gasteiger partial charge < -0.3 is 9.88 Å². The first-order valence-electron chi connectivity index (χ1n) is 8.18. The van der Waals surface area contributed by atoms with Crippen molar-refractivity contribution in [1.82, 2.24) is 20.1 Å². The van der Waals surface area contributed by atoms with Gasteiger partial charge in [-0.1, -0.05) is 13.3 Å². The van der Waals surface area contributed by atoms with Crippen LogP contribution in [0.3, 0.4) is 0 Å². The minimum absolute atomic E-state index is 0.0366. The molecule has 0 spiro atoms. The number of hydrogen-bond donors (Lipinski definition) is 1. The number of alkyl halides is 3. The van der Waals surface area contributed by atoms with Crippen LogP contribution in [0.4, 0.5) is 13.2 Å². The van der Waals surface area contributed by atoms with Gasteiger partial charge in [0.15, 0.2) is 0 Å². The zero-order chi connectivity index (χ0) is 15.7. The molecule has 1 N–H and O–H groups in total. The molecule has 0 amide bonds. The van der Waals surface area contributed by atoms with Crippen LogP contribution in [0.2, 0.25) is 0 Å². The van der Waals surface area contributed by atoms with E-state index in [0.717, 1.165) is 18.8 Å². The van der Waals surface area contributed by atoms with E-state index in [4.69, 9.17) is 0 Å². The van der Waals surface area contributed by atoms with E-state index in [-0.39, 0.29) is 13.0 Å². The van der Waals surface area contributed by atoms with E-state index < -0.39 is 12.1 Å². The molecule has 3 rings (SSSR count). The summed E-state index contributed by atoms with van der Waals surface area (Å²) in [4.78, 5) is 0. The highest BCUT2D eigenvalue weighted by Gasteiger charge is 2.42. The summed E-state index contributed by atoms with van der Waals surface area (Å²) in [5, 5.41) is 11.6. The summed E-state index contributed by atoms with van der Waals surface area (Å²) in [5.74, 6) is 0.837. The Morgan fingerprint density at radius 1 is 1.23 bits per heavy atom. The molecule has 1 aliphatic carbocycles. The molecule has 0 unspecified atom stereocenters. The SMILES string of the molecule is CC[C@@H]1CC[C@@H](NCc2nnc3n2C[C@H](C(F)(F)F)CC3)C1. The molecule has 0 bridgehead atoms. The molecule has 3 atom stereocenters. The van der Waals surface area contributed by atoms with Gasteiger partial charge in [0, 0.05) is 19.0 Å². The first-order chi connectivity index (χ1) is 10.5. The summed E-state index contributed by atoms with van der Waals surface area (Å²) in [6.45, 7) is 2.68. The maximum absolute atomic E-state index is 12.9. The highest BCUT2D eigenvalue weighted by Crippen LogP contribution is 2.34. The normalized spacial score (nSPS) is 28.8. The van der Waals surface area contributed by atoms with Gasteiger partial charge >= 0.3 is 6.18 Å². The van der Waals surface area contributed by atoms with E-state index in [1.807, 2.05) is 0 Å². The van der Waals surface area contributed by atoms with Crippen LogP contribution in [-0.4, -0.2) is 27.0 Å². The Morgan fingerprint density at radius 3 is 2.73 bits per heavy atom. The quantitative estimate of drug-likeness (QED) is 0.928. The van der Waals surface area contributed by atoms with Crippen LogP contribution in [0.1, 0.15) is 50.7 Å². The van der Waals surface area contributed by atoms with Crippen molar-refractivity contribution in [2.24, 2.45) is 11.8 Å². The molecule has 2 heterocycles. The van der Waals surface area contributed by atoms with Crippen molar-refractivity contribution < 1.29 is 13.2 Å². The number of nitrogens with zero attached hydrogens (tertiary/aromatic N) is 3. The Morgan fingerprint density at radius 2 is 2.05 bits per heavy atom. The fourth-order valence-electron chi connectivity index (χ4n) is 3.65. The summed E-state index contributed by atoms with van der Waals surface area (Å²) in [6.07, 6.45) is 1.09. The van der Waals surface area contributed by atoms with E-state index in [2.05, 4.69) is 22.4 Å². The van der Waals surface area contributed by atoms with Gasteiger partial charge in [-0.05, 0) is 31.6 Å². The van der Waals surface area contributed by atoms with Gasteiger partial charge in [-0.3, -0.25) is 0 Å². The van der Waals surface area contributed by atoms with Crippen molar-refractivity contribution in [1.29, 1.82) is 0 Å². The summed E-state index contributed by atoms with van der Waals surface area (Å²) in [5.41, 5.74) is 0. The van der Waals surface area contributed by atoms with Crippen molar-refractivity contribution in [2.45, 2.75) is 70.8 Å². The first-order valence-corrected chi connectivity index (χ1v) is 8.18. The number of aromatic nitrogens is 3. The van der Waals surface area contributed by atoms with E-state index in [9.17, 15) is 13.2 Å². The lowest BCUT2D eigenvalue weighted by Gasteiger charge is -2.26. The lowest BCUT2D eigenvalue weighted by atomic mass is 9.99. The van der Waals surface area contributed by atoms with Crippen molar-refractivity contribution >= 4 is 0 Å². The van der Waals surface area contributed by atoms with Gasteiger partial charge in [-0.15, -0.1) is 10.2 Å². The summed E-state index contributed by atoms with van der Waals surface area (Å²) in [7, 11) is 0. The van der Waals surface area contributed by atoms with E-state index in [1.54, 1.807) is 4.57 Å². The Balaban J connectivity index is 1.61. The standard InChI is InChI=1S/C15H23F3N4/c1-2-10-3-5-12(7-10)19-8-14-21-20-13-6-4-11(9-22(13)14)15(16,17)18/h10-12,19H,2-9H2,1H3/t10-,11-,12-/m1/s1. The number of fused-ring (bicyclic) bond motifs is 1. The molecule has 7 heteroatoms. The highest BCUT2D eigenvalue weighted by molar-refractivity contribution is 5.01. The molecule has 1 saturated carbocycles. The van der Waals surface area contributed by atoms with E-state index >= 15 is 0 Å². The molecule has 1 aromatic heterocycles. The number of rotatable bonds is 4. The highest BCUT2D eigenvalue weighted by atomic mass is 19.4. The molecule has 1 aliphatic heterocycles. The number of hydrogen-bond acceptors (Lipinski definition) is 3. The molecule has 124 valence electrons. The molecule has 22 heavy (non-hydrogen) atoms. The van der Waals surface area contributed by atoms with Gasteiger partial charge in [0.25, 0.3) is 0 Å². The fraction of sp³-hybridized carbons (Fsp3) is 0.867. The first kappa shape index (κ1) is 15.8. The van der Waals surface area contributed by atoms with Crippen LogP contribution in [0, 0.1) is 11.8 Å². The third-order valence-corrected chi connectivity index (χ3v) is 5.15. The smallest absolute Gasteiger partial charge is 0.313 e. The number of nitrogens with one attached hydrogen (secondary N) is 1. The molecular weight excluding hydrogens is 293 g/mol. The summed E-state index contributed by atoms with van der Waals surface area (Å²) in [6, 6.07) is 0.458. The number of halogens is 3. The molecular formula is C15H23F3N4. The molecule has 0 aromatic carbocycles. The largest absolute Gasteiger partial charge is 0.393 e. The van der Waals surface area contributed by atoms with Gasteiger partial charge in [0.05, 0.1) is 12.5 Å². The second-order valence-corrected chi connectivity index (χ2v) is 6.59. The van der Waals surface area contributed by atoms with Crippen molar-refractivity contribution in [3.63, 3.8) is 0 Å². The lowest BCUT2D eigenvalue weighted by Crippen LogP contribution is -2.34. The Kier molecular flexibility index (Phi) is 4.43. The van der Waals surface area contributed by atoms with Crippen molar-refractivity contribution in [2.75, 3.05) is 0 Å². The van der Waals surface area contributed by atoms with Crippen LogP contribution < -0.4 is 5.32 Å². The Labute approximate surface area is 128 Å². The number of aryl methyl sites for hydroxylation is 1. The summed E-state index contributed by atoms with van der Waals surface area (Å²) < 4.78 is 40.4. The van der Waals surface area contributed by atoms with Gasteiger partial charge in [-0.2, -0.15) is 13.2 Å². The van der Waals surface area contributed by atoms with Crippen LogP contribution in [0.15, 0.2) is 0 Å². The van der Waals surface area contributed by atoms with Crippen LogP contribution in [0.25, 0.3) is 0 Å². The van der Waals surface area contributed by atoms with Crippen molar-refractivity contribution in [3.8, 4) is 0 Å². The zero-order valence-corrected chi connectivity index (χ0v) is 12.9. The average Bonchev–Trinajstić information content (AvgIpc) is 3.10. The second kappa shape index (κ2) is 6.18. The van der Waals surface area contributed by atoms with Crippen LogP contribution >= 0.6 is 0 Å². The lowest BCUT2D eigenvalue weighted by molar-refractivity contribution is -0.182. The Bertz CT molecular complexity index is 511. The molecule has 1 fully saturated rings. The van der Waals surface area contributed by atoms with Crippen LogP contribution in [0.5, 0.6) is 0 Å². The predicted octanol–water partition coefficient (Wildman–Crippen LogP) is 3.07. The van der Waals surface area contributed by atoms with Crippen LogP contribution in [-0.2, 0) is 19.5 Å². The molecule has 0 radical (unpaired) electrons. The summed E-state index contributed by atoms with van der Waals surface area (Å²) >= 11 is 0. The second-order valence-electron chi connectivity index (χ2n) is 6.59. The topological polar surface area (TPSA) is 42.7 Å². The maximum Gasteiger partial charge on any atom is 0.393 e. The fourth-order valence-corrected chi connectivity index (χ4v) is 3.65. The third kappa shape index (κ3) is 3.29. The van der Waals surface area contributed by atoms with E-state index in [1.165, 1.54) is 12.8 Å². The van der Waals surface area contributed by atoms with Gasteiger partial charge in [0.1, 0.15) is 11.6 Å². The maximum atomic E-state index is 12.9. The minimum atomic E-state index is -4.13. The molecule has 4 nitrogen and oxygen atoms in total. The predicted molar refractivity (Wildman–Crippen MR) is 76.1 cm³/mol. The minimum Gasteiger partial charge on any atom is -0.313 e. The molecule has 0 saturated heterocycles. The van der Waals surface area contributed by atoms with Gasteiger partial charge in [-0.25, -0.2) is 0 Å². The zero-order valence-electron chi connectivity index (χ0n) is 12.9. The Hall–Kier alpha value is -1.11. The third-order valence-electron chi connectivity index (χ3n) is 5.15.